The van der Waals surface area contributed by atoms with Crippen molar-refractivity contribution < 1.29 is 14.3 Å². The quantitative estimate of drug-likeness (QED) is 0.692. The van der Waals surface area contributed by atoms with Gasteiger partial charge in [0.2, 0.25) is 5.91 Å². The number of carbonyl (C=O) groups excluding carboxylic acids is 2. The van der Waals surface area contributed by atoms with Crippen molar-refractivity contribution in [3.05, 3.63) is 0 Å². The number of hydrogen-bond donors (Lipinski definition) is 2. The Kier molecular flexibility index (Phi) is 5.80. The Morgan fingerprint density at radius 3 is 2.88 bits per heavy atom. The highest BCUT2D eigenvalue weighted by Crippen LogP contribution is 2.18. The summed E-state index contributed by atoms with van der Waals surface area (Å²) < 4.78 is 4.80. The highest BCUT2D eigenvalue weighted by molar-refractivity contribution is 5.87. The van der Waals surface area contributed by atoms with Gasteiger partial charge in [0.1, 0.15) is 6.04 Å². The van der Waals surface area contributed by atoms with Gasteiger partial charge in [-0.3, -0.25) is 4.79 Å². The van der Waals surface area contributed by atoms with E-state index in [2.05, 4.69) is 17.6 Å². The van der Waals surface area contributed by atoms with Gasteiger partial charge in [-0.1, -0.05) is 26.2 Å². The maximum absolute atomic E-state index is 11.6. The maximum Gasteiger partial charge on any atom is 0.407 e. The minimum atomic E-state index is -0.505. The predicted molar refractivity (Wildman–Crippen MR) is 64.6 cm³/mol. The average molecular weight is 242 g/mol. The third kappa shape index (κ3) is 4.24. The highest BCUT2D eigenvalue weighted by Gasteiger charge is 2.35. The summed E-state index contributed by atoms with van der Waals surface area (Å²) in [5.74, 6) is 0.0954. The molecule has 1 fully saturated rings. The number of carbonyl (C=O) groups is 2. The van der Waals surface area contributed by atoms with Crippen LogP contribution in [-0.2, 0) is 9.53 Å². The molecule has 1 heterocycles. The summed E-state index contributed by atoms with van der Waals surface area (Å²) in [5, 5.41) is 5.42. The van der Waals surface area contributed by atoms with E-state index in [1.54, 1.807) is 6.92 Å². The van der Waals surface area contributed by atoms with Gasteiger partial charge in [0.05, 0.1) is 6.61 Å². The molecule has 1 saturated heterocycles. The Hall–Kier alpha value is -1.26. The van der Waals surface area contributed by atoms with Crippen LogP contribution in [0.3, 0.4) is 0 Å². The second-order valence-electron chi connectivity index (χ2n) is 4.34. The van der Waals surface area contributed by atoms with Crippen LogP contribution in [-0.4, -0.2) is 31.2 Å². The van der Waals surface area contributed by atoms with E-state index in [1.165, 1.54) is 0 Å². The van der Waals surface area contributed by atoms with E-state index in [0.717, 1.165) is 25.7 Å². The molecule has 2 N–H and O–H groups in total. The average Bonchev–Trinajstić information content (AvgIpc) is 2.62. The summed E-state index contributed by atoms with van der Waals surface area (Å²) in [6.07, 6.45) is 3.87. The fourth-order valence-electron chi connectivity index (χ4n) is 2.08. The smallest absolute Gasteiger partial charge is 0.407 e. The van der Waals surface area contributed by atoms with Crippen molar-refractivity contribution in [1.82, 2.24) is 10.6 Å². The molecule has 2 amide bonds. The Bertz CT molecular complexity index is 268. The van der Waals surface area contributed by atoms with Crippen LogP contribution in [0, 0.1) is 5.92 Å². The van der Waals surface area contributed by atoms with Crippen molar-refractivity contribution >= 4 is 12.0 Å². The summed E-state index contributed by atoms with van der Waals surface area (Å²) in [6.45, 7) is 4.86. The molecule has 1 aliphatic heterocycles. The van der Waals surface area contributed by atoms with Crippen LogP contribution in [0.15, 0.2) is 0 Å². The summed E-state index contributed by atoms with van der Waals surface area (Å²) in [4.78, 5) is 22.9. The largest absolute Gasteiger partial charge is 0.450 e. The lowest BCUT2D eigenvalue weighted by Gasteiger charge is -2.17. The summed E-state index contributed by atoms with van der Waals surface area (Å²) >= 11 is 0. The minimum Gasteiger partial charge on any atom is -0.450 e. The Balaban J connectivity index is 2.41. The number of unbranched alkanes of at least 4 members (excludes halogenated alkanes) is 2. The van der Waals surface area contributed by atoms with E-state index in [4.69, 9.17) is 4.74 Å². The highest BCUT2D eigenvalue weighted by atomic mass is 16.5. The molecule has 0 bridgehead atoms. The molecule has 5 nitrogen and oxygen atoms in total. The molecule has 5 heteroatoms. The second-order valence-corrected chi connectivity index (χ2v) is 4.34. The molecule has 0 saturated carbocycles. The second kappa shape index (κ2) is 7.14. The van der Waals surface area contributed by atoms with Gasteiger partial charge in [-0.2, -0.15) is 0 Å². The normalized spacial score (nSPS) is 23.3. The van der Waals surface area contributed by atoms with Crippen molar-refractivity contribution in [2.45, 2.75) is 45.6 Å². The van der Waals surface area contributed by atoms with E-state index < -0.39 is 12.1 Å². The van der Waals surface area contributed by atoms with Gasteiger partial charge in [0, 0.05) is 12.5 Å². The van der Waals surface area contributed by atoms with Crippen molar-refractivity contribution in [3.8, 4) is 0 Å². The summed E-state index contributed by atoms with van der Waals surface area (Å²) in [7, 11) is 0. The van der Waals surface area contributed by atoms with Crippen LogP contribution in [0.1, 0.15) is 39.5 Å². The first kappa shape index (κ1) is 13.8. The Labute approximate surface area is 102 Å². The summed E-state index contributed by atoms with van der Waals surface area (Å²) in [6, 6.07) is -0.425. The maximum atomic E-state index is 11.6. The van der Waals surface area contributed by atoms with Crippen LogP contribution in [0.25, 0.3) is 0 Å². The van der Waals surface area contributed by atoms with Crippen molar-refractivity contribution in [1.29, 1.82) is 0 Å². The predicted octanol–water partition coefficient (Wildman–Crippen LogP) is 1.43. The lowest BCUT2D eigenvalue weighted by Crippen LogP contribution is -2.43. The lowest BCUT2D eigenvalue weighted by molar-refractivity contribution is -0.121. The number of alkyl carbamates (subject to hydrolysis) is 1. The van der Waals surface area contributed by atoms with Gasteiger partial charge in [-0.05, 0) is 13.3 Å². The van der Waals surface area contributed by atoms with Crippen molar-refractivity contribution in [2.24, 2.45) is 5.92 Å². The van der Waals surface area contributed by atoms with Crippen LogP contribution in [0.4, 0.5) is 4.79 Å². The third-order valence-electron chi connectivity index (χ3n) is 3.02. The molecule has 2 atom stereocenters. The lowest BCUT2D eigenvalue weighted by atomic mass is 9.96. The topological polar surface area (TPSA) is 67.4 Å². The number of amides is 2. The standard InChI is InChI=1S/C12H22N2O3/c1-3-5-6-7-9-8-13-11(15)10(9)14-12(16)17-4-2/h9-10H,3-8H2,1-2H3,(H,13,15)(H,14,16)/t9-,10?/m1/s1. The van der Waals surface area contributed by atoms with Crippen molar-refractivity contribution in [3.63, 3.8) is 0 Å². The van der Waals surface area contributed by atoms with E-state index in [-0.39, 0.29) is 11.8 Å². The van der Waals surface area contributed by atoms with Gasteiger partial charge < -0.3 is 15.4 Å². The van der Waals surface area contributed by atoms with Gasteiger partial charge in [-0.15, -0.1) is 0 Å². The number of hydrogen-bond acceptors (Lipinski definition) is 3. The molecular formula is C12H22N2O3. The van der Waals surface area contributed by atoms with Gasteiger partial charge in [0.25, 0.3) is 0 Å². The zero-order valence-electron chi connectivity index (χ0n) is 10.6. The van der Waals surface area contributed by atoms with Gasteiger partial charge >= 0.3 is 6.09 Å². The zero-order chi connectivity index (χ0) is 12.7. The van der Waals surface area contributed by atoms with Crippen LogP contribution in [0.2, 0.25) is 0 Å². The molecule has 98 valence electrons. The molecular weight excluding hydrogens is 220 g/mol. The van der Waals surface area contributed by atoms with E-state index in [1.807, 2.05) is 0 Å². The van der Waals surface area contributed by atoms with Crippen molar-refractivity contribution in [2.75, 3.05) is 13.2 Å². The zero-order valence-corrected chi connectivity index (χ0v) is 10.6. The molecule has 17 heavy (non-hydrogen) atoms. The monoisotopic (exact) mass is 242 g/mol. The van der Waals surface area contributed by atoms with E-state index in [0.29, 0.717) is 13.2 Å². The molecule has 1 aliphatic rings. The minimum absolute atomic E-state index is 0.0976. The van der Waals surface area contributed by atoms with E-state index >= 15 is 0 Å². The molecule has 1 unspecified atom stereocenters. The summed E-state index contributed by atoms with van der Waals surface area (Å²) in [5.41, 5.74) is 0. The number of ether oxygens (including phenoxy) is 1. The Morgan fingerprint density at radius 2 is 2.24 bits per heavy atom. The molecule has 0 aromatic rings. The number of rotatable bonds is 6. The first-order valence-electron chi connectivity index (χ1n) is 6.40. The van der Waals surface area contributed by atoms with Crippen LogP contribution < -0.4 is 10.6 Å². The molecule has 0 aliphatic carbocycles. The molecule has 0 spiro atoms. The Morgan fingerprint density at radius 1 is 1.47 bits per heavy atom. The first-order valence-corrected chi connectivity index (χ1v) is 6.40. The van der Waals surface area contributed by atoms with Gasteiger partial charge in [-0.25, -0.2) is 4.79 Å². The fourth-order valence-corrected chi connectivity index (χ4v) is 2.08. The molecule has 0 radical (unpaired) electrons. The number of nitrogens with one attached hydrogen (secondary N) is 2. The van der Waals surface area contributed by atoms with Gasteiger partial charge in [0.15, 0.2) is 0 Å². The van der Waals surface area contributed by atoms with Crippen LogP contribution >= 0.6 is 0 Å². The molecule has 0 aromatic heterocycles. The van der Waals surface area contributed by atoms with E-state index in [9.17, 15) is 9.59 Å². The molecule has 0 aromatic carbocycles. The molecule has 1 rings (SSSR count). The fraction of sp³-hybridized carbons (Fsp3) is 0.833. The van der Waals surface area contributed by atoms with Crippen LogP contribution in [0.5, 0.6) is 0 Å². The SMILES string of the molecule is CCCCC[C@@H]1CNC(=O)C1NC(=O)OCC. The first-order chi connectivity index (χ1) is 8.19. The third-order valence-corrected chi connectivity index (χ3v) is 3.02.